The standard InChI is InChI=1S/C8H13N3O2S/c9-5-7-4-8(6-10-7)14(12,13)11-2-1-3-11/h4,6,10H,1-3,5,9H2. The molecule has 1 saturated heterocycles. The van der Waals surface area contributed by atoms with Crippen LogP contribution in [0.15, 0.2) is 17.2 Å². The van der Waals surface area contributed by atoms with Gasteiger partial charge in [0.2, 0.25) is 10.0 Å². The zero-order valence-electron chi connectivity index (χ0n) is 7.73. The molecule has 1 aromatic rings. The second-order valence-electron chi connectivity index (χ2n) is 3.32. The highest BCUT2D eigenvalue weighted by atomic mass is 32.2. The van der Waals surface area contributed by atoms with Gasteiger partial charge >= 0.3 is 0 Å². The summed E-state index contributed by atoms with van der Waals surface area (Å²) < 4.78 is 25.1. The van der Waals surface area contributed by atoms with Crippen molar-refractivity contribution in [1.82, 2.24) is 9.29 Å². The Morgan fingerprint density at radius 2 is 2.21 bits per heavy atom. The molecule has 14 heavy (non-hydrogen) atoms. The minimum atomic E-state index is -3.24. The summed E-state index contributed by atoms with van der Waals surface area (Å²) in [6.45, 7) is 1.59. The van der Waals surface area contributed by atoms with Crippen molar-refractivity contribution in [3.05, 3.63) is 18.0 Å². The van der Waals surface area contributed by atoms with Gasteiger partial charge in [0.1, 0.15) is 0 Å². The van der Waals surface area contributed by atoms with Crippen LogP contribution in [0.4, 0.5) is 0 Å². The number of nitrogens with two attached hydrogens (primary N) is 1. The molecule has 1 aliphatic rings. The zero-order valence-corrected chi connectivity index (χ0v) is 8.55. The van der Waals surface area contributed by atoms with Crippen molar-refractivity contribution in [3.8, 4) is 0 Å². The van der Waals surface area contributed by atoms with E-state index >= 15 is 0 Å². The molecule has 1 aliphatic heterocycles. The maximum absolute atomic E-state index is 11.8. The molecule has 3 N–H and O–H groups in total. The lowest BCUT2D eigenvalue weighted by atomic mass is 10.3. The number of rotatable bonds is 3. The molecule has 0 unspecified atom stereocenters. The summed E-state index contributed by atoms with van der Waals surface area (Å²) in [5, 5.41) is 0. The number of hydrogen-bond donors (Lipinski definition) is 2. The van der Waals surface area contributed by atoms with Crippen LogP contribution >= 0.6 is 0 Å². The monoisotopic (exact) mass is 215 g/mol. The Morgan fingerprint density at radius 1 is 1.50 bits per heavy atom. The van der Waals surface area contributed by atoms with Crippen molar-refractivity contribution >= 4 is 10.0 Å². The molecule has 0 saturated carbocycles. The zero-order chi connectivity index (χ0) is 10.2. The summed E-state index contributed by atoms with van der Waals surface area (Å²) in [6.07, 6.45) is 2.45. The van der Waals surface area contributed by atoms with E-state index < -0.39 is 10.0 Å². The number of aromatic amines is 1. The average molecular weight is 215 g/mol. The first-order valence-electron chi connectivity index (χ1n) is 4.52. The van der Waals surface area contributed by atoms with E-state index in [1.54, 1.807) is 6.07 Å². The first-order valence-corrected chi connectivity index (χ1v) is 5.96. The average Bonchev–Trinajstić information content (AvgIpc) is 2.47. The van der Waals surface area contributed by atoms with Crippen LogP contribution in [0.1, 0.15) is 12.1 Å². The predicted octanol–water partition coefficient (Wildman–Crippen LogP) is -0.132. The molecule has 2 rings (SSSR count). The highest BCUT2D eigenvalue weighted by Gasteiger charge is 2.29. The van der Waals surface area contributed by atoms with E-state index in [-0.39, 0.29) is 0 Å². The smallest absolute Gasteiger partial charge is 0.244 e. The molecule has 0 spiro atoms. The van der Waals surface area contributed by atoms with Gasteiger partial charge in [0, 0.05) is 31.5 Å². The number of sulfonamides is 1. The number of hydrogen-bond acceptors (Lipinski definition) is 3. The topological polar surface area (TPSA) is 79.2 Å². The summed E-state index contributed by atoms with van der Waals surface area (Å²) in [5.41, 5.74) is 6.13. The minimum absolute atomic E-state index is 0.317. The van der Waals surface area contributed by atoms with Crippen LogP contribution in [-0.2, 0) is 16.6 Å². The Hall–Kier alpha value is -0.850. The molecule has 0 atom stereocenters. The fourth-order valence-corrected chi connectivity index (χ4v) is 2.90. The summed E-state index contributed by atoms with van der Waals surface area (Å²) in [7, 11) is -3.24. The van der Waals surface area contributed by atoms with Gasteiger partial charge < -0.3 is 10.7 Å². The quantitative estimate of drug-likeness (QED) is 0.737. The normalized spacial score (nSPS) is 18.1. The number of nitrogens with one attached hydrogen (secondary N) is 1. The third-order valence-electron chi connectivity index (χ3n) is 2.39. The van der Waals surface area contributed by atoms with Gasteiger partial charge in [-0.15, -0.1) is 0 Å². The van der Waals surface area contributed by atoms with E-state index in [0.29, 0.717) is 24.5 Å². The van der Waals surface area contributed by atoms with E-state index in [9.17, 15) is 8.42 Å². The molecule has 1 aromatic heterocycles. The summed E-state index contributed by atoms with van der Waals surface area (Å²) in [5.74, 6) is 0. The summed E-state index contributed by atoms with van der Waals surface area (Å²) >= 11 is 0. The summed E-state index contributed by atoms with van der Waals surface area (Å²) in [6, 6.07) is 1.59. The Labute approximate surface area is 83.0 Å². The fraction of sp³-hybridized carbons (Fsp3) is 0.500. The Kier molecular flexibility index (Phi) is 2.34. The van der Waals surface area contributed by atoms with E-state index in [1.165, 1.54) is 10.5 Å². The van der Waals surface area contributed by atoms with Crippen LogP contribution in [-0.4, -0.2) is 30.8 Å². The fourth-order valence-electron chi connectivity index (χ4n) is 1.36. The number of nitrogens with zero attached hydrogens (tertiary/aromatic N) is 1. The maximum Gasteiger partial charge on any atom is 0.244 e. The van der Waals surface area contributed by atoms with E-state index in [0.717, 1.165) is 12.1 Å². The minimum Gasteiger partial charge on any atom is -0.363 e. The molecule has 2 heterocycles. The number of aromatic nitrogens is 1. The van der Waals surface area contributed by atoms with Crippen LogP contribution in [0.5, 0.6) is 0 Å². The largest absolute Gasteiger partial charge is 0.363 e. The molecule has 0 aliphatic carbocycles. The van der Waals surface area contributed by atoms with Gasteiger partial charge in [-0.3, -0.25) is 0 Å². The SMILES string of the molecule is NCc1cc(S(=O)(=O)N2CCC2)c[nH]1. The molecule has 0 aromatic carbocycles. The molecule has 78 valence electrons. The van der Waals surface area contributed by atoms with Crippen LogP contribution in [0.25, 0.3) is 0 Å². The first-order chi connectivity index (χ1) is 6.64. The van der Waals surface area contributed by atoms with Crippen molar-refractivity contribution in [3.63, 3.8) is 0 Å². The molecule has 0 radical (unpaired) electrons. The van der Waals surface area contributed by atoms with Gasteiger partial charge in [0.15, 0.2) is 0 Å². The van der Waals surface area contributed by atoms with Crippen LogP contribution < -0.4 is 5.73 Å². The predicted molar refractivity (Wildman–Crippen MR) is 52.1 cm³/mol. The molecular weight excluding hydrogens is 202 g/mol. The first kappa shape index (κ1) is 9.70. The Bertz CT molecular complexity index is 420. The van der Waals surface area contributed by atoms with Crippen LogP contribution in [0.2, 0.25) is 0 Å². The van der Waals surface area contributed by atoms with Gasteiger partial charge in [-0.2, -0.15) is 4.31 Å². The van der Waals surface area contributed by atoms with Gasteiger partial charge in [0.25, 0.3) is 0 Å². The lowest BCUT2D eigenvalue weighted by Gasteiger charge is -2.29. The van der Waals surface area contributed by atoms with E-state index in [4.69, 9.17) is 5.73 Å². The summed E-state index contributed by atoms with van der Waals surface area (Å²) in [4.78, 5) is 3.15. The third-order valence-corrected chi connectivity index (χ3v) is 4.27. The van der Waals surface area contributed by atoms with Gasteiger partial charge in [0.05, 0.1) is 4.90 Å². The Balaban J connectivity index is 2.28. The highest BCUT2D eigenvalue weighted by Crippen LogP contribution is 2.21. The second-order valence-corrected chi connectivity index (χ2v) is 5.26. The van der Waals surface area contributed by atoms with Gasteiger partial charge in [-0.05, 0) is 12.5 Å². The van der Waals surface area contributed by atoms with Crippen LogP contribution in [0.3, 0.4) is 0 Å². The molecule has 6 heteroatoms. The highest BCUT2D eigenvalue weighted by molar-refractivity contribution is 7.89. The van der Waals surface area contributed by atoms with E-state index in [2.05, 4.69) is 4.98 Å². The lowest BCUT2D eigenvalue weighted by molar-refractivity contribution is 0.309. The lowest BCUT2D eigenvalue weighted by Crippen LogP contribution is -2.41. The van der Waals surface area contributed by atoms with Crippen LogP contribution in [0, 0.1) is 0 Å². The molecule has 1 fully saturated rings. The van der Waals surface area contributed by atoms with Gasteiger partial charge in [-0.1, -0.05) is 0 Å². The molecule has 0 bridgehead atoms. The molecular formula is C8H13N3O2S. The van der Waals surface area contributed by atoms with E-state index in [1.807, 2.05) is 0 Å². The number of H-pyrrole nitrogens is 1. The van der Waals surface area contributed by atoms with Gasteiger partial charge in [-0.25, -0.2) is 8.42 Å². The molecule has 5 nitrogen and oxygen atoms in total. The van der Waals surface area contributed by atoms with Crippen molar-refractivity contribution in [2.45, 2.75) is 17.9 Å². The third kappa shape index (κ3) is 1.45. The van der Waals surface area contributed by atoms with Crippen molar-refractivity contribution in [2.24, 2.45) is 5.73 Å². The second kappa shape index (κ2) is 3.38. The molecule has 0 amide bonds. The Morgan fingerprint density at radius 3 is 2.64 bits per heavy atom. The van der Waals surface area contributed by atoms with Crippen molar-refractivity contribution in [1.29, 1.82) is 0 Å². The van der Waals surface area contributed by atoms with Crippen molar-refractivity contribution < 1.29 is 8.42 Å². The maximum atomic E-state index is 11.8. The van der Waals surface area contributed by atoms with Crippen molar-refractivity contribution in [2.75, 3.05) is 13.1 Å².